The molecule has 0 bridgehead atoms. The maximum atomic E-state index is 13.7. The maximum absolute atomic E-state index is 13.7. The van der Waals surface area contributed by atoms with Gasteiger partial charge in [0.25, 0.3) is 5.91 Å². The SMILES string of the molecule is Cc1cc(C)nc(N[C@@H](c2ccc(F)cc2)c2c(NC(=O)c3ccco3)sc(C)c2C)n1. The molecule has 0 saturated carbocycles. The third-order valence-corrected chi connectivity index (χ3v) is 6.29. The number of hydrogen-bond donors (Lipinski definition) is 2. The predicted octanol–water partition coefficient (Wildman–Crippen LogP) is 5.96. The fraction of sp³-hybridized carbons (Fsp3) is 0.208. The summed E-state index contributed by atoms with van der Waals surface area (Å²) in [5, 5.41) is 7.07. The minimum Gasteiger partial charge on any atom is -0.459 e. The Morgan fingerprint density at radius 3 is 2.38 bits per heavy atom. The van der Waals surface area contributed by atoms with Gasteiger partial charge < -0.3 is 15.1 Å². The fourth-order valence-electron chi connectivity index (χ4n) is 3.55. The van der Waals surface area contributed by atoms with E-state index in [1.54, 1.807) is 24.3 Å². The molecule has 1 amide bonds. The van der Waals surface area contributed by atoms with E-state index in [0.29, 0.717) is 10.9 Å². The first-order valence-electron chi connectivity index (χ1n) is 10.1. The van der Waals surface area contributed by atoms with E-state index >= 15 is 0 Å². The molecule has 0 unspecified atom stereocenters. The third kappa shape index (κ3) is 4.55. The first-order chi connectivity index (χ1) is 15.3. The number of aryl methyl sites for hydroxylation is 3. The van der Waals surface area contributed by atoms with Crippen LogP contribution in [0.25, 0.3) is 0 Å². The lowest BCUT2D eigenvalue weighted by Crippen LogP contribution is -2.18. The zero-order valence-electron chi connectivity index (χ0n) is 18.2. The largest absolute Gasteiger partial charge is 0.459 e. The molecule has 8 heteroatoms. The Morgan fingerprint density at radius 1 is 1.06 bits per heavy atom. The standard InChI is InChI=1S/C24H23FN4O2S/c1-13-12-14(2)27-24(26-13)28-21(17-7-9-18(25)10-8-17)20-15(3)16(4)32-23(20)29-22(30)19-6-5-11-31-19/h5-12,21H,1-4H3,(H,29,30)(H,26,27,28)/t21-/m0/s1. The van der Waals surface area contributed by atoms with Gasteiger partial charge in [-0.3, -0.25) is 4.79 Å². The van der Waals surface area contributed by atoms with Crippen molar-refractivity contribution < 1.29 is 13.6 Å². The van der Waals surface area contributed by atoms with Crippen molar-refractivity contribution in [2.45, 2.75) is 33.7 Å². The van der Waals surface area contributed by atoms with E-state index < -0.39 is 6.04 Å². The summed E-state index contributed by atoms with van der Waals surface area (Å²) in [7, 11) is 0. The molecule has 32 heavy (non-hydrogen) atoms. The number of aromatic nitrogens is 2. The number of benzene rings is 1. The Bertz CT molecular complexity index is 1230. The molecule has 6 nitrogen and oxygen atoms in total. The van der Waals surface area contributed by atoms with Gasteiger partial charge in [0, 0.05) is 21.8 Å². The van der Waals surface area contributed by atoms with Crippen molar-refractivity contribution in [1.29, 1.82) is 0 Å². The summed E-state index contributed by atoms with van der Waals surface area (Å²) >= 11 is 1.48. The van der Waals surface area contributed by atoms with E-state index in [4.69, 9.17) is 4.42 Å². The van der Waals surface area contributed by atoms with Crippen molar-refractivity contribution in [2.24, 2.45) is 0 Å². The maximum Gasteiger partial charge on any atom is 0.291 e. The average molecular weight is 451 g/mol. The second-order valence-electron chi connectivity index (χ2n) is 7.56. The van der Waals surface area contributed by atoms with Gasteiger partial charge >= 0.3 is 0 Å². The topological polar surface area (TPSA) is 80.0 Å². The Hall–Kier alpha value is -3.52. The second kappa shape index (κ2) is 8.92. The molecule has 164 valence electrons. The lowest BCUT2D eigenvalue weighted by atomic mass is 9.96. The summed E-state index contributed by atoms with van der Waals surface area (Å²) in [6.07, 6.45) is 1.46. The smallest absolute Gasteiger partial charge is 0.291 e. The van der Waals surface area contributed by atoms with Gasteiger partial charge in [-0.25, -0.2) is 14.4 Å². The van der Waals surface area contributed by atoms with Crippen LogP contribution >= 0.6 is 11.3 Å². The van der Waals surface area contributed by atoms with Gasteiger partial charge in [0.1, 0.15) is 10.8 Å². The second-order valence-corrected chi connectivity index (χ2v) is 8.79. The number of anilines is 2. The lowest BCUT2D eigenvalue weighted by molar-refractivity contribution is 0.0997. The number of rotatable bonds is 6. The van der Waals surface area contributed by atoms with Crippen LogP contribution in [-0.2, 0) is 0 Å². The van der Waals surface area contributed by atoms with Crippen molar-refractivity contribution in [1.82, 2.24) is 9.97 Å². The Kier molecular flexibility index (Phi) is 6.05. The first-order valence-corrected chi connectivity index (χ1v) is 10.9. The minimum atomic E-state index is -0.409. The molecule has 4 rings (SSSR count). The summed E-state index contributed by atoms with van der Waals surface area (Å²) in [6.45, 7) is 7.81. The number of halogens is 1. The number of carbonyl (C=O) groups excluding carboxylic acids is 1. The monoisotopic (exact) mass is 450 g/mol. The molecule has 3 aromatic heterocycles. The van der Waals surface area contributed by atoms with Gasteiger partial charge in [-0.2, -0.15) is 0 Å². The third-order valence-electron chi connectivity index (χ3n) is 5.15. The predicted molar refractivity (Wildman–Crippen MR) is 124 cm³/mol. The molecule has 0 saturated heterocycles. The molecule has 4 aromatic rings. The molecule has 2 N–H and O–H groups in total. The number of amides is 1. The van der Waals surface area contributed by atoms with E-state index in [2.05, 4.69) is 20.6 Å². The Balaban J connectivity index is 1.80. The van der Waals surface area contributed by atoms with Gasteiger partial charge in [0.05, 0.1) is 12.3 Å². The van der Waals surface area contributed by atoms with Gasteiger partial charge in [-0.1, -0.05) is 12.1 Å². The van der Waals surface area contributed by atoms with Crippen molar-refractivity contribution in [3.05, 3.63) is 93.3 Å². The summed E-state index contributed by atoms with van der Waals surface area (Å²) in [6, 6.07) is 11.0. The van der Waals surface area contributed by atoms with E-state index in [0.717, 1.165) is 33.0 Å². The number of furan rings is 1. The highest BCUT2D eigenvalue weighted by Crippen LogP contribution is 2.41. The van der Waals surface area contributed by atoms with Crippen molar-refractivity contribution in [3.8, 4) is 0 Å². The number of carbonyl (C=O) groups is 1. The highest BCUT2D eigenvalue weighted by molar-refractivity contribution is 7.16. The van der Waals surface area contributed by atoms with Crippen molar-refractivity contribution >= 4 is 28.2 Å². The van der Waals surface area contributed by atoms with E-state index in [9.17, 15) is 9.18 Å². The summed E-state index contributed by atoms with van der Waals surface area (Å²) < 4.78 is 18.9. The van der Waals surface area contributed by atoms with Crippen LogP contribution in [0.2, 0.25) is 0 Å². The zero-order valence-corrected chi connectivity index (χ0v) is 19.0. The molecular weight excluding hydrogens is 427 g/mol. The van der Waals surface area contributed by atoms with Crippen LogP contribution < -0.4 is 10.6 Å². The van der Waals surface area contributed by atoms with Crippen LogP contribution in [0, 0.1) is 33.5 Å². The summed E-state index contributed by atoms with van der Waals surface area (Å²) in [4.78, 5) is 22.8. The van der Waals surface area contributed by atoms with Crippen LogP contribution in [0.15, 0.2) is 53.1 Å². The van der Waals surface area contributed by atoms with Crippen molar-refractivity contribution in [2.75, 3.05) is 10.6 Å². The summed E-state index contributed by atoms with van der Waals surface area (Å²) in [5.74, 6) is 0.0321. The number of thiophene rings is 1. The molecule has 0 spiro atoms. The van der Waals surface area contributed by atoms with Crippen LogP contribution in [-0.4, -0.2) is 15.9 Å². The molecule has 0 radical (unpaired) electrons. The minimum absolute atomic E-state index is 0.226. The molecular formula is C24H23FN4O2S. The number of nitrogens with zero attached hydrogens (tertiary/aromatic N) is 2. The Morgan fingerprint density at radius 2 is 1.75 bits per heavy atom. The van der Waals surface area contributed by atoms with E-state index in [-0.39, 0.29) is 17.5 Å². The molecule has 0 fully saturated rings. The van der Waals surface area contributed by atoms with Gasteiger partial charge in [0.2, 0.25) is 5.95 Å². The highest BCUT2D eigenvalue weighted by atomic mass is 32.1. The van der Waals surface area contributed by atoms with Crippen LogP contribution in [0.1, 0.15) is 49.6 Å². The average Bonchev–Trinajstić information content (AvgIpc) is 3.36. The highest BCUT2D eigenvalue weighted by Gasteiger charge is 2.26. The fourth-order valence-corrected chi connectivity index (χ4v) is 4.65. The van der Waals surface area contributed by atoms with Crippen LogP contribution in [0.5, 0.6) is 0 Å². The van der Waals surface area contributed by atoms with E-state index in [1.165, 1.54) is 29.7 Å². The van der Waals surface area contributed by atoms with Crippen LogP contribution in [0.3, 0.4) is 0 Å². The molecule has 1 atom stereocenters. The molecule has 0 aliphatic rings. The number of nitrogens with one attached hydrogen (secondary N) is 2. The van der Waals surface area contributed by atoms with Crippen LogP contribution in [0.4, 0.5) is 15.3 Å². The summed E-state index contributed by atoms with van der Waals surface area (Å²) in [5.41, 5.74) is 4.39. The normalized spacial score (nSPS) is 11.9. The van der Waals surface area contributed by atoms with Gasteiger partial charge in [-0.05, 0) is 69.2 Å². The van der Waals surface area contributed by atoms with Gasteiger partial charge in [-0.15, -0.1) is 11.3 Å². The lowest BCUT2D eigenvalue weighted by Gasteiger charge is -2.22. The van der Waals surface area contributed by atoms with E-state index in [1.807, 2.05) is 33.8 Å². The quantitative estimate of drug-likeness (QED) is 0.379. The molecule has 0 aliphatic heterocycles. The zero-order chi connectivity index (χ0) is 22.8. The van der Waals surface area contributed by atoms with Gasteiger partial charge in [0.15, 0.2) is 5.76 Å². The number of hydrogen-bond acceptors (Lipinski definition) is 6. The molecule has 0 aliphatic carbocycles. The Labute approximate surface area is 189 Å². The first kappa shape index (κ1) is 21.7. The van der Waals surface area contributed by atoms with Crippen molar-refractivity contribution in [3.63, 3.8) is 0 Å². The molecule has 3 heterocycles. The molecule has 1 aromatic carbocycles.